The van der Waals surface area contributed by atoms with Gasteiger partial charge in [-0.25, -0.2) is 5.90 Å². The molecule has 0 aromatic heterocycles. The number of likely N-dealkylation sites (N-methyl/N-ethyl adjacent to an activating group) is 2. The maximum Gasteiger partial charge on any atom is 0.245 e. The van der Waals surface area contributed by atoms with Crippen LogP contribution in [0.5, 0.6) is 0 Å². The van der Waals surface area contributed by atoms with Crippen molar-refractivity contribution in [2.75, 3.05) is 81.5 Å². The van der Waals surface area contributed by atoms with Crippen molar-refractivity contribution in [2.45, 2.75) is 129 Å². The molecule has 0 saturated carbocycles. The molecule has 0 aliphatic carbocycles. The minimum atomic E-state index is -0.832. The summed E-state index contributed by atoms with van der Waals surface area (Å²) in [5.74, 6) is 2.74. The molecule has 2 rings (SSSR count). The van der Waals surface area contributed by atoms with Gasteiger partial charge in [0.25, 0.3) is 0 Å². The van der Waals surface area contributed by atoms with E-state index in [1.807, 2.05) is 90.9 Å². The first-order valence-corrected chi connectivity index (χ1v) is 23.1. The second-order valence-corrected chi connectivity index (χ2v) is 17.9. The number of ether oxygens (including phenoxy) is 4. The number of amides is 5. The molecule has 0 spiro atoms. The van der Waals surface area contributed by atoms with Crippen molar-refractivity contribution in [3.63, 3.8) is 0 Å². The first-order valence-electron chi connectivity index (χ1n) is 23.1. The predicted octanol–water partition coefficient (Wildman–Crippen LogP) is 2.79. The number of aryl methyl sites for hydroxylation is 1. The summed E-state index contributed by atoms with van der Waals surface area (Å²) in [6, 6.07) is 6.83. The van der Waals surface area contributed by atoms with Crippen molar-refractivity contribution in [2.24, 2.45) is 29.6 Å². The summed E-state index contributed by atoms with van der Waals surface area (Å²) in [6.45, 7) is 15.9. The van der Waals surface area contributed by atoms with Crippen LogP contribution in [0.3, 0.4) is 0 Å². The second-order valence-electron chi connectivity index (χ2n) is 17.9. The van der Waals surface area contributed by atoms with Crippen molar-refractivity contribution in [3.05, 3.63) is 35.9 Å². The highest BCUT2D eigenvalue weighted by Gasteiger charge is 2.43. The van der Waals surface area contributed by atoms with E-state index in [9.17, 15) is 24.0 Å². The maximum absolute atomic E-state index is 14.4. The van der Waals surface area contributed by atoms with E-state index >= 15 is 0 Å². The van der Waals surface area contributed by atoms with Gasteiger partial charge in [-0.2, -0.15) is 0 Å². The molecule has 0 radical (unpaired) electrons. The van der Waals surface area contributed by atoms with Crippen molar-refractivity contribution < 1.29 is 47.8 Å². The lowest BCUT2D eigenvalue weighted by Gasteiger charge is -2.41. The van der Waals surface area contributed by atoms with E-state index in [1.165, 1.54) is 7.11 Å². The molecule has 64 heavy (non-hydrogen) atoms. The Bertz CT molecular complexity index is 1530. The first-order chi connectivity index (χ1) is 30.4. The van der Waals surface area contributed by atoms with Crippen molar-refractivity contribution >= 4 is 29.5 Å². The van der Waals surface area contributed by atoms with Gasteiger partial charge in [-0.1, -0.05) is 85.2 Å². The van der Waals surface area contributed by atoms with Crippen LogP contribution in [0.15, 0.2) is 30.3 Å². The quantitative estimate of drug-likeness (QED) is 0.0628. The number of nitrogens with one attached hydrogen (secondary N) is 3. The Hall–Kier alpha value is -3.71. The third-order valence-electron chi connectivity index (χ3n) is 12.4. The van der Waals surface area contributed by atoms with Crippen molar-refractivity contribution in [3.8, 4) is 0 Å². The lowest BCUT2D eigenvalue weighted by Crippen LogP contribution is -2.59. The maximum atomic E-state index is 14.4. The molecular weight excluding hydrogens is 823 g/mol. The minimum absolute atomic E-state index is 0.00683. The van der Waals surface area contributed by atoms with Gasteiger partial charge in [0, 0.05) is 34.4 Å². The monoisotopic (exact) mass is 906 g/mol. The average Bonchev–Trinajstić information content (AvgIpc) is 3.75. The van der Waals surface area contributed by atoms with Gasteiger partial charge >= 0.3 is 0 Å². The summed E-state index contributed by atoms with van der Waals surface area (Å²) in [4.78, 5) is 79.6. The van der Waals surface area contributed by atoms with Crippen LogP contribution in [0, 0.1) is 23.7 Å². The fourth-order valence-electron chi connectivity index (χ4n) is 8.74. The molecule has 1 saturated heterocycles. The largest absolute Gasteiger partial charge is 0.379 e. The zero-order chi connectivity index (χ0) is 47.9. The van der Waals surface area contributed by atoms with Gasteiger partial charge in [-0.15, -0.1) is 0 Å². The lowest BCUT2D eigenvalue weighted by atomic mass is 9.89. The Morgan fingerprint density at radius 2 is 1.47 bits per heavy atom. The molecule has 0 bridgehead atoms. The van der Waals surface area contributed by atoms with Crippen LogP contribution >= 0.6 is 0 Å². The summed E-state index contributed by atoms with van der Waals surface area (Å²) in [6.07, 6.45) is 1.65. The number of hydrogen-bond donors (Lipinski definition) is 4. The normalized spacial score (nSPS) is 17.9. The number of carbonyl (C=O) groups is 5. The van der Waals surface area contributed by atoms with E-state index < -0.39 is 48.3 Å². The molecule has 1 aliphatic heterocycles. The molecule has 1 heterocycles. The minimum Gasteiger partial charge on any atom is -0.379 e. The topological polar surface area (TPSA) is 203 Å². The highest BCUT2D eigenvalue weighted by atomic mass is 16.6. The van der Waals surface area contributed by atoms with E-state index in [2.05, 4.69) is 20.8 Å². The number of hydrogen-bond acceptors (Lipinski definition) is 12. The van der Waals surface area contributed by atoms with Crippen LogP contribution < -0.4 is 21.8 Å². The Morgan fingerprint density at radius 3 is 2.03 bits per heavy atom. The lowest BCUT2D eigenvalue weighted by molar-refractivity contribution is -0.148. The van der Waals surface area contributed by atoms with Crippen molar-refractivity contribution in [1.29, 1.82) is 0 Å². The third kappa shape index (κ3) is 17.6. The number of methoxy groups -OCH3 is 2. The average molecular weight is 906 g/mol. The Morgan fingerprint density at radius 1 is 0.828 bits per heavy atom. The molecule has 1 aliphatic rings. The van der Waals surface area contributed by atoms with E-state index in [-0.39, 0.29) is 73.5 Å². The molecule has 17 heteroatoms. The van der Waals surface area contributed by atoms with Gasteiger partial charge in [-0.05, 0) is 63.1 Å². The Balaban J connectivity index is 2.23. The van der Waals surface area contributed by atoms with Gasteiger partial charge in [0.15, 0.2) is 0 Å². The summed E-state index contributed by atoms with van der Waals surface area (Å²) < 4.78 is 23.0. The molecule has 3 unspecified atom stereocenters. The Kier molecular flexibility index (Phi) is 26.2. The number of likely N-dealkylation sites (tertiary alicyclic amines) is 1. The van der Waals surface area contributed by atoms with Gasteiger partial charge in [0.2, 0.25) is 29.5 Å². The van der Waals surface area contributed by atoms with Crippen LogP contribution in [0.4, 0.5) is 0 Å². The van der Waals surface area contributed by atoms with E-state index in [4.69, 9.17) is 24.8 Å². The number of nitrogens with two attached hydrogens (primary N) is 1. The number of benzene rings is 1. The predicted molar refractivity (Wildman–Crippen MR) is 247 cm³/mol. The van der Waals surface area contributed by atoms with Crippen LogP contribution in [0.1, 0.15) is 86.1 Å². The van der Waals surface area contributed by atoms with E-state index in [0.717, 1.165) is 12.0 Å². The van der Waals surface area contributed by atoms with Gasteiger partial charge in [0.1, 0.15) is 12.1 Å². The summed E-state index contributed by atoms with van der Waals surface area (Å²) in [5.41, 5.74) is 1.03. The molecular formula is C47H83N7O10. The molecule has 5 amide bonds. The Labute approximate surface area is 383 Å². The first kappa shape index (κ1) is 56.4. The molecule has 9 atom stereocenters. The molecule has 1 fully saturated rings. The van der Waals surface area contributed by atoms with Crippen LogP contribution in [-0.2, 0) is 54.2 Å². The van der Waals surface area contributed by atoms with Gasteiger partial charge in [-0.3, -0.25) is 28.9 Å². The molecule has 5 N–H and O–H groups in total. The van der Waals surface area contributed by atoms with E-state index in [1.54, 1.807) is 30.9 Å². The summed E-state index contributed by atoms with van der Waals surface area (Å²) in [7, 11) is 8.52. The fourth-order valence-corrected chi connectivity index (χ4v) is 8.74. The van der Waals surface area contributed by atoms with Crippen molar-refractivity contribution in [1.82, 2.24) is 30.7 Å². The summed E-state index contributed by atoms with van der Waals surface area (Å²) >= 11 is 0. The fraction of sp³-hybridized carbons (Fsp3) is 0.766. The second kappa shape index (κ2) is 29.7. The van der Waals surface area contributed by atoms with Crippen LogP contribution in [0.25, 0.3) is 0 Å². The van der Waals surface area contributed by atoms with E-state index in [0.29, 0.717) is 52.0 Å². The van der Waals surface area contributed by atoms with Gasteiger partial charge < -0.3 is 49.5 Å². The molecule has 366 valence electrons. The molecule has 17 nitrogen and oxygen atoms in total. The van der Waals surface area contributed by atoms with Crippen LogP contribution in [0.2, 0.25) is 0 Å². The van der Waals surface area contributed by atoms with Gasteiger partial charge in [0.05, 0.1) is 75.7 Å². The molecule has 1 aromatic carbocycles. The smallest absolute Gasteiger partial charge is 0.245 e. The number of rotatable bonds is 31. The zero-order valence-corrected chi connectivity index (χ0v) is 40.9. The van der Waals surface area contributed by atoms with Crippen LogP contribution in [-0.4, -0.2) is 168 Å². The highest BCUT2D eigenvalue weighted by Crippen LogP contribution is 2.30. The standard InChI is InChI=1S/C47H83N7O10/c1-13-33(6)42(53(10)47(59)40(31(2)3)51-46(58)41(32(4)5)52(8)9)38(60-11)30-39(55)54-24-17-20-37(54)43(61-12)34(7)44(56)50-36(22-21-35-18-15-14-16-19-35)45(57)49-23-25-62-26-27-63-28-29-64-48/h14-16,18-19,31-34,36-38,40-43H,13,17,20-30,48H2,1-12H3,(H,49,57)(H,50,56)(H,51,58)/t33-,34+,36-,37?,38+,40-,41?,42?,43+/m1/s1. The SMILES string of the molecule is CC[C@@H](C)C([C@H](CC(=O)N1CCCC1[C@@H](OC)[C@H](C)C(=O)N[C@H](CCc1ccccc1)C(=O)NCCOCCOCCON)OC)N(C)C(=O)[C@H](NC(=O)C(C(C)C)N(C)C)C(C)C. The molecule has 1 aromatic rings. The highest BCUT2D eigenvalue weighted by molar-refractivity contribution is 5.90. The number of nitrogens with zero attached hydrogens (tertiary/aromatic N) is 3. The third-order valence-corrected chi connectivity index (χ3v) is 12.4. The summed E-state index contributed by atoms with van der Waals surface area (Å²) in [5, 5.41) is 8.92. The number of carbonyl (C=O) groups excluding carboxylic acids is 5. The zero-order valence-electron chi connectivity index (χ0n) is 40.9.